The van der Waals surface area contributed by atoms with Crippen LogP contribution in [0.15, 0.2) is 18.2 Å². The molecule has 4 atom stereocenters. The predicted octanol–water partition coefficient (Wildman–Crippen LogP) is -1.76. The molecule has 0 aliphatic carbocycles. The van der Waals surface area contributed by atoms with Crippen LogP contribution in [0.5, 0.6) is 11.5 Å². The molecule has 0 bridgehead atoms. The Morgan fingerprint density at radius 1 is 1.12 bits per heavy atom. The number of nitrogens with one attached hydrogen (secondary N) is 3. The van der Waals surface area contributed by atoms with Crippen molar-refractivity contribution in [2.45, 2.75) is 48.6 Å². The van der Waals surface area contributed by atoms with E-state index in [1.165, 1.54) is 11.0 Å². The first-order valence-corrected chi connectivity index (χ1v) is 13.3. The van der Waals surface area contributed by atoms with Crippen molar-refractivity contribution in [2.24, 2.45) is 0 Å². The van der Waals surface area contributed by atoms with Gasteiger partial charge in [-0.3, -0.25) is 28.9 Å². The fourth-order valence-electron chi connectivity index (χ4n) is 5.09. The SMILES string of the molecule is CCN1CCN(C(=O)NC(C(=O)N[C@]2(NC=O)C(=O)N3[C@@H](C(=O)O)C(C)(C)S[C@@H]32)c2ccc(O)c(O)c2)C(=O)C1=O. The number of nitrogens with zero attached hydrogens (tertiary/aromatic N) is 3. The second-order valence-corrected chi connectivity index (χ2v) is 11.8. The maximum Gasteiger partial charge on any atom is 0.327 e. The highest BCUT2D eigenvalue weighted by molar-refractivity contribution is 8.01. The average Bonchev–Trinajstić information content (AvgIpc) is 3.18. The first-order valence-electron chi connectivity index (χ1n) is 12.4. The largest absolute Gasteiger partial charge is 0.504 e. The fourth-order valence-corrected chi connectivity index (χ4v) is 6.75. The number of hydrogen-bond donors (Lipinski definition) is 6. The van der Waals surface area contributed by atoms with Gasteiger partial charge in [0, 0.05) is 24.4 Å². The number of thioether (sulfide) groups is 1. The van der Waals surface area contributed by atoms with Gasteiger partial charge in [-0.05, 0) is 38.5 Å². The van der Waals surface area contributed by atoms with E-state index in [1.54, 1.807) is 20.8 Å². The number of fused-ring (bicyclic) bond motifs is 1. The molecule has 220 valence electrons. The number of urea groups is 1. The lowest BCUT2D eigenvalue weighted by Gasteiger charge is -2.52. The summed E-state index contributed by atoms with van der Waals surface area (Å²) in [6, 6.07) is -0.933. The normalized spacial score (nSPS) is 25.6. The fraction of sp³-hybridized carbons (Fsp3) is 0.458. The van der Waals surface area contributed by atoms with E-state index < -0.39 is 75.0 Å². The lowest BCUT2D eigenvalue weighted by atomic mass is 9.91. The van der Waals surface area contributed by atoms with E-state index in [1.807, 2.05) is 0 Å². The molecule has 0 saturated carbocycles. The van der Waals surface area contributed by atoms with Gasteiger partial charge in [0.25, 0.3) is 5.91 Å². The van der Waals surface area contributed by atoms with E-state index in [9.17, 15) is 48.9 Å². The van der Waals surface area contributed by atoms with E-state index in [2.05, 4.69) is 16.0 Å². The van der Waals surface area contributed by atoms with E-state index in [4.69, 9.17) is 0 Å². The molecule has 0 spiro atoms. The molecule has 6 N–H and O–H groups in total. The first-order chi connectivity index (χ1) is 19.2. The Labute approximate surface area is 237 Å². The maximum atomic E-state index is 13.7. The number of amides is 7. The Kier molecular flexibility index (Phi) is 7.51. The molecule has 0 aromatic heterocycles. The van der Waals surface area contributed by atoms with E-state index in [-0.39, 0.29) is 31.6 Å². The number of carbonyl (C=O) groups is 7. The number of phenolic OH excluding ortho intramolecular Hbond substituents is 2. The number of carboxylic acids is 1. The molecule has 3 saturated heterocycles. The second kappa shape index (κ2) is 10.5. The van der Waals surface area contributed by atoms with Crippen molar-refractivity contribution < 1.29 is 48.9 Å². The van der Waals surface area contributed by atoms with Gasteiger partial charge in [-0.25, -0.2) is 9.59 Å². The predicted molar refractivity (Wildman–Crippen MR) is 139 cm³/mol. The molecule has 3 heterocycles. The van der Waals surface area contributed by atoms with Gasteiger partial charge in [0.2, 0.25) is 18.0 Å². The van der Waals surface area contributed by atoms with Crippen molar-refractivity contribution in [1.82, 2.24) is 30.7 Å². The minimum Gasteiger partial charge on any atom is -0.504 e. The van der Waals surface area contributed by atoms with E-state index >= 15 is 0 Å². The van der Waals surface area contributed by atoms with Gasteiger partial charge in [-0.15, -0.1) is 11.8 Å². The van der Waals surface area contributed by atoms with Crippen LogP contribution in [-0.4, -0.2) is 114 Å². The zero-order chi connectivity index (χ0) is 30.4. The summed E-state index contributed by atoms with van der Waals surface area (Å²) in [6.07, 6.45) is 0.161. The van der Waals surface area contributed by atoms with Crippen LogP contribution >= 0.6 is 11.8 Å². The number of piperazine rings is 1. The number of imide groups is 1. The minimum absolute atomic E-state index is 0.0570. The lowest BCUT2D eigenvalue weighted by Crippen LogP contribution is -2.85. The molecule has 1 aromatic rings. The third-order valence-electron chi connectivity index (χ3n) is 7.19. The summed E-state index contributed by atoms with van der Waals surface area (Å²) in [4.78, 5) is 91.4. The van der Waals surface area contributed by atoms with Crippen LogP contribution in [0.4, 0.5) is 4.79 Å². The number of aliphatic carboxylic acids is 1. The second-order valence-electron chi connectivity index (χ2n) is 10.1. The molecule has 41 heavy (non-hydrogen) atoms. The average molecular weight is 593 g/mol. The van der Waals surface area contributed by atoms with E-state index in [0.717, 1.165) is 28.8 Å². The quantitative estimate of drug-likeness (QED) is 0.0652. The molecule has 0 radical (unpaired) electrons. The molecular weight excluding hydrogens is 564 g/mol. The summed E-state index contributed by atoms with van der Waals surface area (Å²) in [5, 5.41) is 35.4. The van der Waals surface area contributed by atoms with Crippen molar-refractivity contribution in [3.8, 4) is 11.5 Å². The molecule has 3 aliphatic heterocycles. The first kappa shape index (κ1) is 29.4. The maximum absolute atomic E-state index is 13.7. The van der Waals surface area contributed by atoms with Crippen LogP contribution in [0.3, 0.4) is 0 Å². The van der Waals surface area contributed by atoms with Gasteiger partial charge in [-0.2, -0.15) is 0 Å². The third kappa shape index (κ3) is 4.75. The van der Waals surface area contributed by atoms with Gasteiger partial charge in [-0.1, -0.05) is 6.07 Å². The summed E-state index contributed by atoms with van der Waals surface area (Å²) in [7, 11) is 0. The van der Waals surface area contributed by atoms with Crippen molar-refractivity contribution in [3.05, 3.63) is 23.8 Å². The van der Waals surface area contributed by atoms with Crippen molar-refractivity contribution in [1.29, 1.82) is 0 Å². The van der Waals surface area contributed by atoms with Crippen molar-refractivity contribution in [2.75, 3.05) is 19.6 Å². The summed E-state index contributed by atoms with van der Waals surface area (Å²) in [5.41, 5.74) is -2.18. The summed E-state index contributed by atoms with van der Waals surface area (Å²) in [5.74, 6) is -6.52. The number of phenols is 2. The number of likely N-dealkylation sites (N-methyl/N-ethyl adjacent to an activating group) is 1. The van der Waals surface area contributed by atoms with Gasteiger partial charge >= 0.3 is 23.8 Å². The van der Waals surface area contributed by atoms with Crippen molar-refractivity contribution in [3.63, 3.8) is 0 Å². The molecule has 1 unspecified atom stereocenters. The van der Waals surface area contributed by atoms with Crippen LogP contribution in [0.1, 0.15) is 32.4 Å². The van der Waals surface area contributed by atoms with Crippen LogP contribution in [-0.2, 0) is 28.8 Å². The van der Waals surface area contributed by atoms with Gasteiger partial charge in [0.1, 0.15) is 17.5 Å². The number of aromatic hydroxyl groups is 2. The van der Waals surface area contributed by atoms with E-state index in [0.29, 0.717) is 4.90 Å². The molecule has 4 rings (SSSR count). The lowest BCUT2D eigenvalue weighted by molar-refractivity contribution is -0.172. The van der Waals surface area contributed by atoms with Crippen molar-refractivity contribution >= 4 is 53.8 Å². The highest BCUT2D eigenvalue weighted by Gasteiger charge is 2.72. The number of carboxylic acid groups (broad SMARTS) is 1. The number of carbonyl (C=O) groups excluding carboxylic acids is 6. The molecular formula is C24H28N6O10S. The number of rotatable bonds is 8. The molecule has 3 fully saturated rings. The van der Waals surface area contributed by atoms with Gasteiger partial charge in [0.15, 0.2) is 11.5 Å². The zero-order valence-electron chi connectivity index (χ0n) is 22.1. The Morgan fingerprint density at radius 2 is 1.80 bits per heavy atom. The van der Waals surface area contributed by atoms with Crippen LogP contribution in [0.25, 0.3) is 0 Å². The zero-order valence-corrected chi connectivity index (χ0v) is 22.9. The van der Waals surface area contributed by atoms with Crippen LogP contribution in [0, 0.1) is 0 Å². The summed E-state index contributed by atoms with van der Waals surface area (Å²) >= 11 is 1.03. The Balaban J connectivity index is 1.65. The summed E-state index contributed by atoms with van der Waals surface area (Å²) < 4.78 is -1.01. The van der Waals surface area contributed by atoms with Crippen LogP contribution < -0.4 is 16.0 Å². The number of hydrogen-bond acceptors (Lipinski definition) is 10. The molecule has 16 nitrogen and oxygen atoms in total. The topological polar surface area (TPSA) is 226 Å². The monoisotopic (exact) mass is 592 g/mol. The Bertz CT molecular complexity index is 1350. The number of benzene rings is 1. The molecule has 17 heteroatoms. The summed E-state index contributed by atoms with van der Waals surface area (Å²) in [6.45, 7) is 4.97. The minimum atomic E-state index is -2.09. The Hall–Kier alpha value is -4.54. The highest BCUT2D eigenvalue weighted by atomic mass is 32.2. The highest BCUT2D eigenvalue weighted by Crippen LogP contribution is 2.54. The standard InChI is InChI=1S/C24H28N6O10S/c1-4-28-7-8-29(18(36)17(28)35)22(40)26-14(11-5-6-12(32)13(33)9-11)16(34)27-24(25-10-31)20(39)30-15(19(37)38)23(2,3)41-21(24)30/h5-6,9-10,14-15,21,32-33H,4,7-8H2,1-3H3,(H,25,31)(H,26,40)(H,27,34)(H,37,38)/t14?,15-,21+,24+/m0/s1. The third-order valence-corrected chi connectivity index (χ3v) is 8.82. The van der Waals surface area contributed by atoms with Gasteiger partial charge < -0.3 is 41.1 Å². The Morgan fingerprint density at radius 3 is 2.39 bits per heavy atom. The molecule has 7 amide bonds. The molecule has 1 aromatic carbocycles. The smallest absolute Gasteiger partial charge is 0.327 e. The van der Waals surface area contributed by atoms with Gasteiger partial charge in [0.05, 0.1) is 0 Å². The number of β-lactam (4-membered cyclic amide) rings is 1. The molecule has 3 aliphatic rings. The van der Waals surface area contributed by atoms with Crippen LogP contribution in [0.2, 0.25) is 0 Å².